The van der Waals surface area contributed by atoms with Gasteiger partial charge in [0.2, 0.25) is 0 Å². The predicted octanol–water partition coefficient (Wildman–Crippen LogP) is 2.90. The van der Waals surface area contributed by atoms with Gasteiger partial charge < -0.3 is 14.7 Å². The molecule has 1 aromatic rings. The van der Waals surface area contributed by atoms with Crippen LogP contribution in [0.2, 0.25) is 0 Å². The van der Waals surface area contributed by atoms with E-state index in [0.29, 0.717) is 6.61 Å². The number of ether oxygens (including phenoxy) is 1. The van der Waals surface area contributed by atoms with Gasteiger partial charge in [-0.25, -0.2) is 4.79 Å². The molecule has 1 aliphatic carbocycles. The van der Waals surface area contributed by atoms with E-state index < -0.39 is 5.97 Å². The van der Waals surface area contributed by atoms with E-state index in [4.69, 9.17) is 9.84 Å². The normalized spacial score (nSPS) is 15.3. The Morgan fingerprint density at radius 3 is 2.67 bits per heavy atom. The Balaban J connectivity index is 1.69. The van der Waals surface area contributed by atoms with Crippen LogP contribution in [-0.2, 0) is 4.79 Å². The molecule has 21 heavy (non-hydrogen) atoms. The van der Waals surface area contributed by atoms with Crippen LogP contribution >= 0.6 is 0 Å². The fourth-order valence-electron chi connectivity index (χ4n) is 2.37. The number of likely N-dealkylation sites (N-methyl/N-ethyl adjacent to an activating group) is 1. The van der Waals surface area contributed by atoms with Crippen molar-refractivity contribution >= 4 is 12.0 Å². The molecule has 1 fully saturated rings. The van der Waals surface area contributed by atoms with Crippen molar-refractivity contribution in [2.45, 2.75) is 19.3 Å². The number of benzene rings is 1. The van der Waals surface area contributed by atoms with E-state index >= 15 is 0 Å². The van der Waals surface area contributed by atoms with Crippen LogP contribution < -0.4 is 4.74 Å². The summed E-state index contributed by atoms with van der Waals surface area (Å²) < 4.78 is 5.71. The van der Waals surface area contributed by atoms with E-state index in [9.17, 15) is 4.79 Å². The molecular formula is C17H23NO3. The molecule has 4 nitrogen and oxygen atoms in total. The van der Waals surface area contributed by atoms with Crippen molar-refractivity contribution in [1.82, 2.24) is 4.90 Å². The number of rotatable bonds is 8. The summed E-state index contributed by atoms with van der Waals surface area (Å²) in [5.74, 6) is 0.764. The second-order valence-electron chi connectivity index (χ2n) is 5.65. The lowest BCUT2D eigenvalue weighted by atomic mass is 9.85. The molecule has 4 heteroatoms. The fourth-order valence-corrected chi connectivity index (χ4v) is 2.37. The van der Waals surface area contributed by atoms with E-state index in [0.717, 1.165) is 29.9 Å². The maximum atomic E-state index is 10.4. The van der Waals surface area contributed by atoms with Gasteiger partial charge in [0.05, 0.1) is 0 Å². The topological polar surface area (TPSA) is 49.8 Å². The number of carboxylic acids is 1. The molecule has 0 aromatic heterocycles. The van der Waals surface area contributed by atoms with Gasteiger partial charge in [0.25, 0.3) is 0 Å². The van der Waals surface area contributed by atoms with Crippen molar-refractivity contribution in [2.75, 3.05) is 26.7 Å². The molecule has 0 heterocycles. The van der Waals surface area contributed by atoms with Crippen molar-refractivity contribution in [1.29, 1.82) is 0 Å². The van der Waals surface area contributed by atoms with Crippen LogP contribution in [0.25, 0.3) is 6.08 Å². The Labute approximate surface area is 126 Å². The monoisotopic (exact) mass is 289 g/mol. The Morgan fingerprint density at radius 2 is 2.10 bits per heavy atom. The first-order valence-electron chi connectivity index (χ1n) is 7.46. The molecule has 114 valence electrons. The summed E-state index contributed by atoms with van der Waals surface area (Å²) in [6.45, 7) is 2.77. The number of carbonyl (C=O) groups is 1. The average Bonchev–Trinajstić information content (AvgIpc) is 2.42. The molecule has 0 unspecified atom stereocenters. The second kappa shape index (κ2) is 7.84. The SMILES string of the molecule is CN(CCOc1ccc(C=CC(=O)O)cc1)CC1CCC1. The number of hydrogen-bond acceptors (Lipinski definition) is 3. The minimum Gasteiger partial charge on any atom is -0.492 e. The molecule has 1 aromatic carbocycles. The maximum Gasteiger partial charge on any atom is 0.328 e. The van der Waals surface area contributed by atoms with E-state index in [1.54, 1.807) is 6.08 Å². The van der Waals surface area contributed by atoms with E-state index in [1.165, 1.54) is 25.8 Å². The molecule has 1 saturated carbocycles. The molecule has 0 atom stereocenters. The number of aliphatic carboxylic acids is 1. The molecule has 0 radical (unpaired) electrons. The standard InChI is InChI=1S/C17H23NO3/c1-18(13-15-3-2-4-15)11-12-21-16-8-5-14(6-9-16)7-10-17(19)20/h5-10,15H,2-4,11-13H2,1H3,(H,19,20). The first-order valence-corrected chi connectivity index (χ1v) is 7.46. The summed E-state index contributed by atoms with van der Waals surface area (Å²) in [7, 11) is 2.14. The largest absolute Gasteiger partial charge is 0.492 e. The van der Waals surface area contributed by atoms with E-state index in [-0.39, 0.29) is 0 Å². The van der Waals surface area contributed by atoms with Crippen LogP contribution in [-0.4, -0.2) is 42.7 Å². The molecule has 1 N–H and O–H groups in total. The van der Waals surface area contributed by atoms with Gasteiger partial charge in [-0.05, 0) is 49.6 Å². The van der Waals surface area contributed by atoms with Gasteiger partial charge in [0.1, 0.15) is 12.4 Å². The quantitative estimate of drug-likeness (QED) is 0.748. The van der Waals surface area contributed by atoms with Crippen molar-refractivity contribution in [2.24, 2.45) is 5.92 Å². The minimum absolute atomic E-state index is 0.674. The van der Waals surface area contributed by atoms with Crippen LogP contribution in [0.5, 0.6) is 5.75 Å². The molecule has 0 aliphatic heterocycles. The van der Waals surface area contributed by atoms with Crippen molar-refractivity contribution in [3.63, 3.8) is 0 Å². The Morgan fingerprint density at radius 1 is 1.38 bits per heavy atom. The molecule has 0 bridgehead atoms. The number of hydrogen-bond donors (Lipinski definition) is 1. The molecule has 0 spiro atoms. The highest BCUT2D eigenvalue weighted by Crippen LogP contribution is 2.26. The lowest BCUT2D eigenvalue weighted by Gasteiger charge is -2.30. The van der Waals surface area contributed by atoms with Gasteiger partial charge in [-0.2, -0.15) is 0 Å². The third-order valence-electron chi connectivity index (χ3n) is 3.83. The van der Waals surface area contributed by atoms with Gasteiger partial charge in [-0.15, -0.1) is 0 Å². The van der Waals surface area contributed by atoms with E-state index in [2.05, 4.69) is 11.9 Å². The zero-order chi connectivity index (χ0) is 15.1. The van der Waals surface area contributed by atoms with Crippen LogP contribution in [0.3, 0.4) is 0 Å². The third-order valence-corrected chi connectivity index (χ3v) is 3.83. The number of carboxylic acid groups (broad SMARTS) is 1. The third kappa shape index (κ3) is 5.60. The Kier molecular flexibility index (Phi) is 5.81. The van der Waals surface area contributed by atoms with Crippen molar-refractivity contribution in [3.05, 3.63) is 35.9 Å². The highest BCUT2D eigenvalue weighted by Gasteiger charge is 2.18. The Bertz CT molecular complexity index is 477. The Hall–Kier alpha value is -1.81. The molecule has 0 amide bonds. The zero-order valence-electron chi connectivity index (χ0n) is 12.5. The lowest BCUT2D eigenvalue weighted by Crippen LogP contribution is -2.32. The molecular weight excluding hydrogens is 266 g/mol. The summed E-state index contributed by atoms with van der Waals surface area (Å²) in [5.41, 5.74) is 0.854. The molecule has 1 aliphatic rings. The summed E-state index contributed by atoms with van der Waals surface area (Å²) in [5, 5.41) is 8.57. The maximum absolute atomic E-state index is 10.4. The first kappa shape index (κ1) is 15.6. The lowest BCUT2D eigenvalue weighted by molar-refractivity contribution is -0.131. The predicted molar refractivity (Wildman–Crippen MR) is 83.4 cm³/mol. The van der Waals surface area contributed by atoms with Gasteiger partial charge in [0.15, 0.2) is 0 Å². The van der Waals surface area contributed by atoms with Crippen molar-refractivity contribution < 1.29 is 14.6 Å². The summed E-state index contributed by atoms with van der Waals surface area (Å²) in [6.07, 6.45) is 6.83. The van der Waals surface area contributed by atoms with Crippen LogP contribution in [0.15, 0.2) is 30.3 Å². The van der Waals surface area contributed by atoms with Crippen LogP contribution in [0.4, 0.5) is 0 Å². The van der Waals surface area contributed by atoms with Crippen LogP contribution in [0, 0.1) is 5.92 Å². The molecule has 0 saturated heterocycles. The summed E-state index contributed by atoms with van der Waals surface area (Å²) >= 11 is 0. The number of nitrogens with zero attached hydrogens (tertiary/aromatic N) is 1. The fraction of sp³-hybridized carbons (Fsp3) is 0.471. The molecule has 2 rings (SSSR count). The average molecular weight is 289 g/mol. The summed E-state index contributed by atoms with van der Waals surface area (Å²) in [6, 6.07) is 7.45. The van der Waals surface area contributed by atoms with Gasteiger partial charge in [0, 0.05) is 19.2 Å². The highest BCUT2D eigenvalue weighted by molar-refractivity contribution is 5.85. The highest BCUT2D eigenvalue weighted by atomic mass is 16.5. The van der Waals surface area contributed by atoms with Crippen molar-refractivity contribution in [3.8, 4) is 5.75 Å². The first-order chi connectivity index (χ1) is 10.1. The van der Waals surface area contributed by atoms with Gasteiger partial charge >= 0.3 is 5.97 Å². The van der Waals surface area contributed by atoms with Crippen LogP contribution in [0.1, 0.15) is 24.8 Å². The smallest absolute Gasteiger partial charge is 0.328 e. The summed E-state index contributed by atoms with van der Waals surface area (Å²) in [4.78, 5) is 12.8. The van der Waals surface area contributed by atoms with Gasteiger partial charge in [-0.1, -0.05) is 18.6 Å². The zero-order valence-corrected chi connectivity index (χ0v) is 12.5. The van der Waals surface area contributed by atoms with E-state index in [1.807, 2.05) is 24.3 Å². The minimum atomic E-state index is -0.940. The van der Waals surface area contributed by atoms with Gasteiger partial charge in [-0.3, -0.25) is 0 Å². The second-order valence-corrected chi connectivity index (χ2v) is 5.65.